The van der Waals surface area contributed by atoms with Gasteiger partial charge in [0, 0.05) is 5.56 Å². The summed E-state index contributed by atoms with van der Waals surface area (Å²) in [6, 6.07) is 13.9. The Morgan fingerprint density at radius 2 is 1.86 bits per heavy atom. The highest BCUT2D eigenvalue weighted by Crippen LogP contribution is 2.47. The number of carbonyl (C=O) groups is 1. The predicted molar refractivity (Wildman–Crippen MR) is 107 cm³/mol. The average molecular weight is 381 g/mol. The van der Waals surface area contributed by atoms with Crippen LogP contribution in [0, 0.1) is 6.92 Å². The topological polar surface area (TPSA) is 48.0 Å². The van der Waals surface area contributed by atoms with Crippen LogP contribution >= 0.6 is 0 Å². The van der Waals surface area contributed by atoms with E-state index in [2.05, 4.69) is 6.92 Å². The number of carbonyl (C=O) groups excluding carboxylic acids is 1. The normalized spacial score (nSPS) is 17.8. The van der Waals surface area contributed by atoms with E-state index < -0.39 is 5.79 Å². The third-order valence-corrected chi connectivity index (χ3v) is 5.32. The second kappa shape index (κ2) is 7.94. The average Bonchev–Trinajstić information content (AvgIpc) is 2.94. The minimum Gasteiger partial charge on any atom is -0.494 e. The molecule has 0 unspecified atom stereocenters. The van der Waals surface area contributed by atoms with Gasteiger partial charge in [0.1, 0.15) is 5.75 Å². The number of amides is 1. The maximum atomic E-state index is 13.4. The van der Waals surface area contributed by atoms with Crippen LogP contribution in [-0.4, -0.2) is 25.7 Å². The molecule has 0 atom stereocenters. The van der Waals surface area contributed by atoms with Gasteiger partial charge in [0.2, 0.25) is 0 Å². The number of nitrogens with zero attached hydrogens (tertiary/aromatic N) is 1. The highest BCUT2D eigenvalue weighted by molar-refractivity contribution is 6.06. The second-order valence-corrected chi connectivity index (χ2v) is 7.38. The number of fused-ring (bicyclic) bond motifs is 2. The van der Waals surface area contributed by atoms with Crippen LogP contribution in [0.5, 0.6) is 5.75 Å². The minimum absolute atomic E-state index is 0.139. The molecule has 2 aromatic carbocycles. The number of hydrogen-bond donors (Lipinski definition) is 0. The molecule has 1 spiro atoms. The molecular formula is C23H27NO4. The Bertz CT molecular complexity index is 840. The largest absolute Gasteiger partial charge is 0.494 e. The van der Waals surface area contributed by atoms with Gasteiger partial charge < -0.3 is 19.1 Å². The molecule has 0 radical (unpaired) electrons. The van der Waals surface area contributed by atoms with Gasteiger partial charge in [-0.05, 0) is 43.0 Å². The molecule has 5 heteroatoms. The molecule has 148 valence electrons. The van der Waals surface area contributed by atoms with Crippen molar-refractivity contribution in [2.45, 2.75) is 45.4 Å². The number of aryl methyl sites for hydroxylation is 1. The first-order chi connectivity index (χ1) is 13.7. The molecule has 2 heterocycles. The summed E-state index contributed by atoms with van der Waals surface area (Å²) in [7, 11) is 0. The lowest BCUT2D eigenvalue weighted by molar-refractivity contribution is -0.256. The third kappa shape index (κ3) is 3.29. The van der Waals surface area contributed by atoms with Crippen molar-refractivity contribution in [3.8, 4) is 5.75 Å². The van der Waals surface area contributed by atoms with E-state index in [0.717, 1.165) is 54.0 Å². The second-order valence-electron chi connectivity index (χ2n) is 7.38. The van der Waals surface area contributed by atoms with Gasteiger partial charge in [0.15, 0.2) is 0 Å². The zero-order valence-corrected chi connectivity index (χ0v) is 16.6. The first-order valence-electron chi connectivity index (χ1n) is 10.1. The Labute approximate surface area is 166 Å². The molecule has 1 amide bonds. The molecule has 0 aliphatic carbocycles. The molecule has 28 heavy (non-hydrogen) atoms. The summed E-state index contributed by atoms with van der Waals surface area (Å²) in [5.41, 5.74) is 3.80. The lowest BCUT2D eigenvalue weighted by Gasteiger charge is -2.32. The summed E-state index contributed by atoms with van der Waals surface area (Å²) in [5.74, 6) is -0.570. The minimum atomic E-state index is -1.29. The van der Waals surface area contributed by atoms with Gasteiger partial charge in [-0.2, -0.15) is 0 Å². The van der Waals surface area contributed by atoms with Gasteiger partial charge in [-0.25, -0.2) is 0 Å². The van der Waals surface area contributed by atoms with Gasteiger partial charge in [-0.15, -0.1) is 0 Å². The Hall–Kier alpha value is -2.37. The zero-order valence-electron chi connectivity index (χ0n) is 16.6. The van der Waals surface area contributed by atoms with Gasteiger partial charge in [-0.3, -0.25) is 4.79 Å². The van der Waals surface area contributed by atoms with Crippen molar-refractivity contribution in [2.75, 3.05) is 24.7 Å². The third-order valence-electron chi connectivity index (χ3n) is 5.32. The van der Waals surface area contributed by atoms with E-state index in [-0.39, 0.29) is 5.91 Å². The Morgan fingerprint density at radius 1 is 1.11 bits per heavy atom. The van der Waals surface area contributed by atoms with E-state index in [1.165, 1.54) is 0 Å². The first kappa shape index (κ1) is 19.0. The van der Waals surface area contributed by atoms with Crippen molar-refractivity contribution in [1.29, 1.82) is 0 Å². The highest BCUT2D eigenvalue weighted by atomic mass is 16.7. The zero-order chi connectivity index (χ0) is 19.6. The van der Waals surface area contributed by atoms with Crippen LogP contribution < -0.4 is 9.64 Å². The Kier molecular flexibility index (Phi) is 5.38. The van der Waals surface area contributed by atoms with Gasteiger partial charge in [0.25, 0.3) is 11.7 Å². The van der Waals surface area contributed by atoms with Crippen LogP contribution in [0.4, 0.5) is 5.69 Å². The van der Waals surface area contributed by atoms with Gasteiger partial charge >= 0.3 is 0 Å². The fourth-order valence-electron chi connectivity index (χ4n) is 3.85. The number of benzene rings is 2. The summed E-state index contributed by atoms with van der Waals surface area (Å²) in [6.07, 6.45) is 2.96. The molecule has 1 saturated heterocycles. The highest BCUT2D eigenvalue weighted by Gasteiger charge is 2.55. The van der Waals surface area contributed by atoms with E-state index in [4.69, 9.17) is 14.2 Å². The molecule has 0 aromatic heterocycles. The van der Waals surface area contributed by atoms with Crippen LogP contribution in [0.2, 0.25) is 0 Å². The molecule has 1 fully saturated rings. The first-order valence-corrected chi connectivity index (χ1v) is 10.1. The van der Waals surface area contributed by atoms with E-state index in [1.807, 2.05) is 49.4 Å². The molecule has 0 N–H and O–H groups in total. The van der Waals surface area contributed by atoms with E-state index >= 15 is 0 Å². The van der Waals surface area contributed by atoms with Crippen molar-refractivity contribution >= 4 is 11.6 Å². The fraction of sp³-hybridized carbons (Fsp3) is 0.435. The van der Waals surface area contributed by atoms with Crippen LogP contribution in [0.1, 0.15) is 42.9 Å². The molecule has 2 aliphatic heterocycles. The maximum Gasteiger partial charge on any atom is 0.292 e. The smallest absolute Gasteiger partial charge is 0.292 e. The number of rotatable bonds is 6. The predicted octanol–water partition coefficient (Wildman–Crippen LogP) is 4.31. The summed E-state index contributed by atoms with van der Waals surface area (Å²) in [5, 5.41) is 0. The van der Waals surface area contributed by atoms with E-state index in [9.17, 15) is 4.79 Å². The Morgan fingerprint density at radius 3 is 2.57 bits per heavy atom. The standard InChI is InChI=1S/C23H27NO4/c1-3-4-13-26-19-11-9-18(10-12-19)16-24-21-17(2)7-5-8-20(21)23(22(24)25)27-14-6-15-28-23/h5,7-12H,3-4,6,13-16H2,1-2H3. The van der Waals surface area contributed by atoms with Crippen LogP contribution in [0.15, 0.2) is 42.5 Å². The number of anilines is 1. The van der Waals surface area contributed by atoms with Crippen molar-refractivity contribution in [3.63, 3.8) is 0 Å². The lowest BCUT2D eigenvalue weighted by atomic mass is 10.0. The molecule has 0 saturated carbocycles. The van der Waals surface area contributed by atoms with E-state index in [0.29, 0.717) is 19.8 Å². The number of ether oxygens (including phenoxy) is 3. The van der Waals surface area contributed by atoms with Crippen LogP contribution in [-0.2, 0) is 26.6 Å². The van der Waals surface area contributed by atoms with Gasteiger partial charge in [0.05, 0.1) is 32.1 Å². The maximum absolute atomic E-state index is 13.4. The van der Waals surface area contributed by atoms with Crippen molar-refractivity contribution in [2.24, 2.45) is 0 Å². The van der Waals surface area contributed by atoms with Crippen LogP contribution in [0.3, 0.4) is 0 Å². The summed E-state index contributed by atoms with van der Waals surface area (Å²) in [6.45, 7) is 6.41. The molecule has 4 rings (SSSR count). The van der Waals surface area contributed by atoms with Crippen LogP contribution in [0.25, 0.3) is 0 Å². The van der Waals surface area contributed by atoms with Crippen molar-refractivity contribution in [1.82, 2.24) is 0 Å². The number of unbranched alkanes of at least 4 members (excludes halogenated alkanes) is 1. The Balaban J connectivity index is 1.59. The summed E-state index contributed by atoms with van der Waals surface area (Å²) >= 11 is 0. The number of para-hydroxylation sites is 1. The molecular weight excluding hydrogens is 354 g/mol. The SMILES string of the molecule is CCCCOc1ccc(CN2C(=O)C3(OCCCO3)c3cccc(C)c32)cc1. The van der Waals surface area contributed by atoms with Crippen molar-refractivity contribution in [3.05, 3.63) is 59.2 Å². The number of hydrogen-bond acceptors (Lipinski definition) is 4. The van der Waals surface area contributed by atoms with E-state index in [1.54, 1.807) is 4.90 Å². The summed E-state index contributed by atoms with van der Waals surface area (Å²) < 4.78 is 17.6. The monoisotopic (exact) mass is 381 g/mol. The quantitative estimate of drug-likeness (QED) is 0.700. The fourth-order valence-corrected chi connectivity index (χ4v) is 3.85. The van der Waals surface area contributed by atoms with Gasteiger partial charge in [-0.1, -0.05) is 43.7 Å². The summed E-state index contributed by atoms with van der Waals surface area (Å²) in [4.78, 5) is 15.2. The molecule has 0 bridgehead atoms. The molecule has 2 aliphatic rings. The van der Waals surface area contributed by atoms with Crippen molar-refractivity contribution < 1.29 is 19.0 Å². The lowest BCUT2D eigenvalue weighted by Crippen LogP contribution is -2.47. The molecule has 5 nitrogen and oxygen atoms in total. The molecule has 2 aromatic rings.